The standard InChI is InChI=1S/C14H15NO4/c16-12(17)9-4-5-11-10(8-9)15-13(18)14(19-11)6-2-1-3-7-14/h4-5,8H,1-3,6-7H2,(H,15,18)(H,16,17). The summed E-state index contributed by atoms with van der Waals surface area (Å²) in [5, 5.41) is 11.7. The number of carbonyl (C=O) groups excluding carboxylic acids is 1. The molecule has 1 saturated carbocycles. The zero-order valence-corrected chi connectivity index (χ0v) is 10.4. The first-order valence-electron chi connectivity index (χ1n) is 6.49. The second kappa shape index (κ2) is 4.26. The SMILES string of the molecule is O=C(O)c1ccc2c(c1)NC(=O)C1(CCCCC1)O2. The van der Waals surface area contributed by atoms with Crippen LogP contribution in [0.1, 0.15) is 42.5 Å². The molecule has 0 unspecified atom stereocenters. The van der Waals surface area contributed by atoms with Gasteiger partial charge in [-0.1, -0.05) is 6.42 Å². The minimum Gasteiger partial charge on any atom is -0.478 e. The highest BCUT2D eigenvalue weighted by molar-refractivity contribution is 6.02. The Balaban J connectivity index is 1.95. The van der Waals surface area contributed by atoms with Crippen molar-refractivity contribution < 1.29 is 19.4 Å². The minimum absolute atomic E-state index is 0.141. The number of hydrogen-bond acceptors (Lipinski definition) is 3. The lowest BCUT2D eigenvalue weighted by Crippen LogP contribution is -2.52. The Kier molecular flexibility index (Phi) is 2.69. The van der Waals surface area contributed by atoms with E-state index in [9.17, 15) is 9.59 Å². The molecular formula is C14H15NO4. The van der Waals surface area contributed by atoms with Gasteiger partial charge in [-0.25, -0.2) is 4.79 Å². The number of aromatic carboxylic acids is 1. The second-order valence-electron chi connectivity index (χ2n) is 5.13. The summed E-state index contributed by atoms with van der Waals surface area (Å²) >= 11 is 0. The molecule has 3 rings (SSSR count). The highest BCUT2D eigenvalue weighted by Gasteiger charge is 2.45. The van der Waals surface area contributed by atoms with E-state index in [0.717, 1.165) is 32.1 Å². The van der Waals surface area contributed by atoms with Crippen LogP contribution in [-0.4, -0.2) is 22.6 Å². The largest absolute Gasteiger partial charge is 0.478 e. The Labute approximate surface area is 110 Å². The van der Waals surface area contributed by atoms with Crippen molar-refractivity contribution in [2.45, 2.75) is 37.7 Å². The quantitative estimate of drug-likeness (QED) is 0.814. The van der Waals surface area contributed by atoms with E-state index in [0.29, 0.717) is 11.4 Å². The predicted molar refractivity (Wildman–Crippen MR) is 68.5 cm³/mol. The fraction of sp³-hybridized carbons (Fsp3) is 0.429. The molecule has 19 heavy (non-hydrogen) atoms. The normalized spacial score (nSPS) is 20.3. The number of hydrogen-bond donors (Lipinski definition) is 2. The summed E-state index contributed by atoms with van der Waals surface area (Å²) in [4.78, 5) is 23.1. The van der Waals surface area contributed by atoms with Gasteiger partial charge in [0, 0.05) is 0 Å². The third-order valence-electron chi connectivity index (χ3n) is 3.86. The number of carboxylic acids is 1. The first-order chi connectivity index (χ1) is 9.11. The lowest BCUT2D eigenvalue weighted by molar-refractivity contribution is -0.135. The number of fused-ring (bicyclic) bond motifs is 1. The van der Waals surface area contributed by atoms with Crippen LogP contribution in [0.3, 0.4) is 0 Å². The summed E-state index contributed by atoms with van der Waals surface area (Å²) in [6.45, 7) is 0. The van der Waals surface area contributed by atoms with Crippen LogP contribution in [0.5, 0.6) is 5.75 Å². The van der Waals surface area contributed by atoms with Gasteiger partial charge in [0.15, 0.2) is 5.60 Å². The molecule has 5 nitrogen and oxygen atoms in total. The molecule has 0 bridgehead atoms. The molecule has 5 heteroatoms. The first-order valence-corrected chi connectivity index (χ1v) is 6.49. The topological polar surface area (TPSA) is 75.6 Å². The van der Waals surface area contributed by atoms with Gasteiger partial charge in [0.1, 0.15) is 5.75 Å². The molecule has 1 aliphatic carbocycles. The summed E-state index contributed by atoms with van der Waals surface area (Å²) in [5.74, 6) is -0.608. The Morgan fingerprint density at radius 2 is 2.00 bits per heavy atom. The number of rotatable bonds is 1. The molecule has 0 aromatic heterocycles. The zero-order valence-electron chi connectivity index (χ0n) is 10.4. The van der Waals surface area contributed by atoms with Crippen molar-refractivity contribution in [2.75, 3.05) is 5.32 Å². The molecule has 1 aromatic rings. The van der Waals surface area contributed by atoms with Gasteiger partial charge in [-0.3, -0.25) is 4.79 Å². The molecule has 1 fully saturated rings. The maximum absolute atomic E-state index is 12.2. The summed E-state index contributed by atoms with van der Waals surface area (Å²) in [6.07, 6.45) is 4.53. The van der Waals surface area contributed by atoms with Crippen LogP contribution in [0.15, 0.2) is 18.2 Å². The van der Waals surface area contributed by atoms with Gasteiger partial charge in [-0.2, -0.15) is 0 Å². The summed E-state index contributed by atoms with van der Waals surface area (Å²) in [5.41, 5.74) is -0.168. The first kappa shape index (κ1) is 12.0. The van der Waals surface area contributed by atoms with E-state index in [-0.39, 0.29) is 11.5 Å². The number of anilines is 1. The van der Waals surface area contributed by atoms with Crippen molar-refractivity contribution in [1.82, 2.24) is 0 Å². The van der Waals surface area contributed by atoms with E-state index in [1.54, 1.807) is 6.07 Å². The number of ether oxygens (including phenoxy) is 1. The van der Waals surface area contributed by atoms with Gasteiger partial charge in [-0.15, -0.1) is 0 Å². The summed E-state index contributed by atoms with van der Waals surface area (Å²) in [7, 11) is 0. The van der Waals surface area contributed by atoms with Crippen molar-refractivity contribution in [1.29, 1.82) is 0 Å². The average molecular weight is 261 g/mol. The van der Waals surface area contributed by atoms with Crippen molar-refractivity contribution in [3.63, 3.8) is 0 Å². The van der Waals surface area contributed by atoms with Crippen LogP contribution >= 0.6 is 0 Å². The van der Waals surface area contributed by atoms with Gasteiger partial charge >= 0.3 is 5.97 Å². The second-order valence-corrected chi connectivity index (χ2v) is 5.13. The molecule has 2 aliphatic rings. The summed E-state index contributed by atoms with van der Waals surface area (Å²) < 4.78 is 5.90. The maximum Gasteiger partial charge on any atom is 0.335 e. The number of benzene rings is 1. The fourth-order valence-corrected chi connectivity index (χ4v) is 2.79. The van der Waals surface area contributed by atoms with Crippen LogP contribution in [0.2, 0.25) is 0 Å². The van der Waals surface area contributed by atoms with Crippen LogP contribution in [0.25, 0.3) is 0 Å². The van der Waals surface area contributed by atoms with Gasteiger partial charge in [0.25, 0.3) is 5.91 Å². The highest BCUT2D eigenvalue weighted by atomic mass is 16.5. The van der Waals surface area contributed by atoms with E-state index in [4.69, 9.17) is 9.84 Å². The van der Waals surface area contributed by atoms with E-state index in [1.165, 1.54) is 12.1 Å². The van der Waals surface area contributed by atoms with Gasteiger partial charge < -0.3 is 15.2 Å². The maximum atomic E-state index is 12.2. The van der Waals surface area contributed by atoms with Gasteiger partial charge in [0.2, 0.25) is 0 Å². The Morgan fingerprint density at radius 3 is 2.68 bits per heavy atom. The molecule has 0 atom stereocenters. The van der Waals surface area contributed by atoms with Crippen molar-refractivity contribution >= 4 is 17.6 Å². The Hall–Kier alpha value is -2.04. The fourth-order valence-electron chi connectivity index (χ4n) is 2.79. The van der Waals surface area contributed by atoms with Crippen LogP contribution in [0, 0.1) is 0 Å². The summed E-state index contributed by atoms with van der Waals surface area (Å²) in [6, 6.07) is 4.55. The highest BCUT2D eigenvalue weighted by Crippen LogP contribution is 2.41. The van der Waals surface area contributed by atoms with Crippen molar-refractivity contribution in [3.05, 3.63) is 23.8 Å². The Morgan fingerprint density at radius 1 is 1.26 bits per heavy atom. The molecule has 1 aliphatic heterocycles. The number of carboxylic acid groups (broad SMARTS) is 1. The predicted octanol–water partition coefficient (Wildman–Crippen LogP) is 2.42. The molecule has 1 amide bonds. The van der Waals surface area contributed by atoms with Crippen LogP contribution in [0.4, 0.5) is 5.69 Å². The van der Waals surface area contributed by atoms with Gasteiger partial charge in [0.05, 0.1) is 11.3 Å². The molecule has 1 spiro atoms. The van der Waals surface area contributed by atoms with Gasteiger partial charge in [-0.05, 0) is 43.9 Å². The lowest BCUT2D eigenvalue weighted by Gasteiger charge is -2.39. The average Bonchev–Trinajstić information content (AvgIpc) is 2.40. The molecule has 100 valence electrons. The van der Waals surface area contributed by atoms with Crippen molar-refractivity contribution in [2.24, 2.45) is 0 Å². The molecule has 0 saturated heterocycles. The lowest BCUT2D eigenvalue weighted by atomic mass is 9.83. The number of carbonyl (C=O) groups is 2. The number of amides is 1. The van der Waals surface area contributed by atoms with E-state index >= 15 is 0 Å². The third kappa shape index (κ3) is 1.95. The zero-order chi connectivity index (χ0) is 13.5. The van der Waals surface area contributed by atoms with Crippen LogP contribution in [-0.2, 0) is 4.79 Å². The van der Waals surface area contributed by atoms with Crippen molar-refractivity contribution in [3.8, 4) is 5.75 Å². The smallest absolute Gasteiger partial charge is 0.335 e. The third-order valence-corrected chi connectivity index (χ3v) is 3.86. The van der Waals surface area contributed by atoms with E-state index < -0.39 is 11.6 Å². The molecular weight excluding hydrogens is 246 g/mol. The molecule has 1 aromatic carbocycles. The molecule has 2 N–H and O–H groups in total. The minimum atomic E-state index is -1.02. The molecule has 0 radical (unpaired) electrons. The van der Waals surface area contributed by atoms with Crippen LogP contribution < -0.4 is 10.1 Å². The number of nitrogens with one attached hydrogen (secondary N) is 1. The van der Waals surface area contributed by atoms with E-state index in [1.807, 2.05) is 0 Å². The monoisotopic (exact) mass is 261 g/mol. The Bertz CT molecular complexity index is 546. The van der Waals surface area contributed by atoms with E-state index in [2.05, 4.69) is 5.32 Å². The molecule has 1 heterocycles.